The average Bonchev–Trinajstić information content (AvgIpc) is 3.29. The van der Waals surface area contributed by atoms with Crippen molar-refractivity contribution >= 4 is 16.8 Å². The molecule has 2 aliphatic heterocycles. The number of hydrogen-bond donors (Lipinski definition) is 1. The Labute approximate surface area is 185 Å². The molecule has 0 unspecified atom stereocenters. The Hall–Kier alpha value is -3.39. The van der Waals surface area contributed by atoms with Gasteiger partial charge in [0.25, 0.3) is 5.56 Å². The summed E-state index contributed by atoms with van der Waals surface area (Å²) in [7, 11) is 1.86. The Morgan fingerprint density at radius 1 is 1.19 bits per heavy atom. The first kappa shape index (κ1) is 20.5. The average molecular weight is 434 g/mol. The van der Waals surface area contributed by atoms with E-state index in [-0.39, 0.29) is 24.1 Å². The van der Waals surface area contributed by atoms with Gasteiger partial charge in [-0.1, -0.05) is 18.2 Å². The van der Waals surface area contributed by atoms with Crippen LogP contribution in [0, 0.1) is 0 Å². The molecular weight excluding hydrogens is 408 g/mol. The smallest absolute Gasteiger partial charge is 0.258 e. The molecule has 1 aromatic heterocycles. The summed E-state index contributed by atoms with van der Waals surface area (Å²) in [5, 5.41) is 0.564. The van der Waals surface area contributed by atoms with Gasteiger partial charge in [0.2, 0.25) is 5.91 Å². The minimum absolute atomic E-state index is 0.0327. The monoisotopic (exact) mass is 434 g/mol. The quantitative estimate of drug-likeness (QED) is 0.664. The van der Waals surface area contributed by atoms with Gasteiger partial charge in [-0.25, -0.2) is 4.98 Å². The van der Waals surface area contributed by atoms with Crippen LogP contribution in [0.3, 0.4) is 0 Å². The number of amides is 1. The van der Waals surface area contributed by atoms with Crippen molar-refractivity contribution in [1.29, 1.82) is 0 Å². The van der Waals surface area contributed by atoms with Crippen molar-refractivity contribution in [3.63, 3.8) is 0 Å². The fraction of sp³-hybridized carbons (Fsp3) is 0.375. The summed E-state index contributed by atoms with van der Waals surface area (Å²) in [6, 6.07) is 13.2. The molecule has 0 saturated carbocycles. The summed E-state index contributed by atoms with van der Waals surface area (Å²) in [5.74, 6) is 2.12. The van der Waals surface area contributed by atoms with Crippen LogP contribution in [0.4, 0.5) is 0 Å². The molecule has 1 N–H and O–H groups in total. The molecule has 0 spiro atoms. The number of benzene rings is 2. The minimum Gasteiger partial charge on any atom is -0.486 e. The molecule has 1 amide bonds. The van der Waals surface area contributed by atoms with Crippen LogP contribution < -0.4 is 15.0 Å². The fourth-order valence-electron chi connectivity index (χ4n) is 4.52. The van der Waals surface area contributed by atoms with E-state index < -0.39 is 0 Å². The van der Waals surface area contributed by atoms with Gasteiger partial charge >= 0.3 is 0 Å². The Kier molecular flexibility index (Phi) is 5.53. The van der Waals surface area contributed by atoms with E-state index >= 15 is 0 Å². The number of para-hydroxylation sites is 1. The zero-order valence-electron chi connectivity index (χ0n) is 18.0. The first-order valence-electron chi connectivity index (χ1n) is 10.9. The van der Waals surface area contributed by atoms with Gasteiger partial charge in [-0.3, -0.25) is 14.5 Å². The van der Waals surface area contributed by atoms with Crippen molar-refractivity contribution in [2.45, 2.75) is 25.4 Å². The predicted molar refractivity (Wildman–Crippen MR) is 120 cm³/mol. The molecule has 5 rings (SSSR count). The number of nitrogens with zero attached hydrogens (tertiary/aromatic N) is 3. The van der Waals surface area contributed by atoms with E-state index in [0.29, 0.717) is 36.5 Å². The number of rotatable bonds is 5. The second-order valence-electron chi connectivity index (χ2n) is 8.35. The Bertz CT molecular complexity index is 1210. The highest BCUT2D eigenvalue weighted by Crippen LogP contribution is 2.38. The second kappa shape index (κ2) is 8.63. The zero-order valence-corrected chi connectivity index (χ0v) is 18.0. The van der Waals surface area contributed by atoms with E-state index in [1.165, 1.54) is 0 Å². The third kappa shape index (κ3) is 4.05. The first-order chi connectivity index (χ1) is 15.6. The lowest BCUT2D eigenvalue weighted by atomic mass is 10.0. The van der Waals surface area contributed by atoms with Crippen LogP contribution in [0.15, 0.2) is 47.3 Å². The van der Waals surface area contributed by atoms with Crippen LogP contribution >= 0.6 is 0 Å². The molecule has 2 aliphatic rings. The van der Waals surface area contributed by atoms with Crippen LogP contribution in [-0.2, 0) is 11.3 Å². The van der Waals surface area contributed by atoms with Crippen LogP contribution in [0.25, 0.3) is 10.9 Å². The van der Waals surface area contributed by atoms with E-state index in [1.54, 1.807) is 6.07 Å². The van der Waals surface area contributed by atoms with Crippen molar-refractivity contribution in [1.82, 2.24) is 19.8 Å². The lowest BCUT2D eigenvalue weighted by molar-refractivity contribution is -0.133. The van der Waals surface area contributed by atoms with Crippen molar-refractivity contribution < 1.29 is 14.3 Å². The number of carbonyl (C=O) groups is 1. The van der Waals surface area contributed by atoms with E-state index in [1.807, 2.05) is 53.2 Å². The number of H-pyrrole nitrogens is 1. The van der Waals surface area contributed by atoms with E-state index in [2.05, 4.69) is 9.97 Å². The van der Waals surface area contributed by atoms with Gasteiger partial charge in [0, 0.05) is 6.54 Å². The van der Waals surface area contributed by atoms with Gasteiger partial charge in [0.05, 0.1) is 30.0 Å². The molecule has 1 atom stereocenters. The molecule has 8 nitrogen and oxygen atoms in total. The SMILES string of the molecule is CN(CC(=O)N1CCC[C@H]1c1ccc2c(c1)OCCO2)Cc1nc2ccccc2c(=O)[nH]1. The van der Waals surface area contributed by atoms with Gasteiger partial charge in [-0.05, 0) is 49.7 Å². The molecule has 0 bridgehead atoms. The van der Waals surface area contributed by atoms with Crippen LogP contribution in [0.1, 0.15) is 30.3 Å². The highest BCUT2D eigenvalue weighted by molar-refractivity contribution is 5.79. The molecule has 0 radical (unpaired) electrons. The molecule has 1 saturated heterocycles. The van der Waals surface area contributed by atoms with Gasteiger partial charge in [0.15, 0.2) is 11.5 Å². The summed E-state index contributed by atoms with van der Waals surface area (Å²) in [6.45, 7) is 2.46. The summed E-state index contributed by atoms with van der Waals surface area (Å²) < 4.78 is 11.3. The number of nitrogens with one attached hydrogen (secondary N) is 1. The van der Waals surface area contributed by atoms with Crippen LogP contribution in [0.5, 0.6) is 11.5 Å². The highest BCUT2D eigenvalue weighted by atomic mass is 16.6. The van der Waals surface area contributed by atoms with Crippen LogP contribution in [0.2, 0.25) is 0 Å². The molecular formula is C24H26N4O4. The maximum absolute atomic E-state index is 13.1. The molecule has 2 aromatic carbocycles. The van der Waals surface area contributed by atoms with Crippen molar-refractivity contribution in [2.24, 2.45) is 0 Å². The fourth-order valence-corrected chi connectivity index (χ4v) is 4.52. The topological polar surface area (TPSA) is 87.8 Å². The molecule has 166 valence electrons. The molecule has 1 fully saturated rings. The van der Waals surface area contributed by atoms with Crippen molar-refractivity contribution in [3.8, 4) is 11.5 Å². The minimum atomic E-state index is -0.163. The predicted octanol–water partition coefficient (Wildman–Crippen LogP) is 2.49. The lowest BCUT2D eigenvalue weighted by Crippen LogP contribution is -2.38. The third-order valence-corrected chi connectivity index (χ3v) is 6.01. The number of carbonyl (C=O) groups excluding carboxylic acids is 1. The number of ether oxygens (including phenoxy) is 2. The van der Waals surface area contributed by atoms with Gasteiger partial charge in [-0.15, -0.1) is 0 Å². The van der Waals surface area contributed by atoms with Crippen molar-refractivity contribution in [2.75, 3.05) is 33.4 Å². The van der Waals surface area contributed by atoms with Crippen LogP contribution in [-0.4, -0.2) is 59.0 Å². The number of aromatic nitrogens is 2. The van der Waals surface area contributed by atoms with Gasteiger partial charge < -0.3 is 19.4 Å². The van der Waals surface area contributed by atoms with E-state index in [9.17, 15) is 9.59 Å². The van der Waals surface area contributed by atoms with E-state index in [0.717, 1.165) is 36.4 Å². The number of aromatic amines is 1. The molecule has 3 aromatic rings. The Morgan fingerprint density at radius 3 is 2.88 bits per heavy atom. The standard InChI is InChI=1S/C24H26N4O4/c1-27(14-22-25-18-6-3-2-5-17(18)24(30)26-22)15-23(29)28-10-4-7-19(28)16-8-9-20-21(13-16)32-12-11-31-20/h2-3,5-6,8-9,13,19H,4,7,10-12,14-15H2,1H3,(H,25,26,30)/t19-/m0/s1. The summed E-state index contributed by atoms with van der Waals surface area (Å²) >= 11 is 0. The molecule has 8 heteroatoms. The number of likely N-dealkylation sites (tertiary alicyclic amines) is 1. The number of hydrogen-bond acceptors (Lipinski definition) is 6. The Morgan fingerprint density at radius 2 is 2.00 bits per heavy atom. The lowest BCUT2D eigenvalue weighted by Gasteiger charge is -2.28. The Balaban J connectivity index is 1.27. The summed E-state index contributed by atoms with van der Waals surface area (Å²) in [5.41, 5.74) is 1.57. The summed E-state index contributed by atoms with van der Waals surface area (Å²) in [4.78, 5) is 36.6. The number of fused-ring (bicyclic) bond motifs is 2. The van der Waals surface area contributed by atoms with Crippen molar-refractivity contribution in [3.05, 3.63) is 64.2 Å². The van der Waals surface area contributed by atoms with E-state index in [4.69, 9.17) is 9.47 Å². The van der Waals surface area contributed by atoms with Gasteiger partial charge in [0.1, 0.15) is 19.0 Å². The summed E-state index contributed by atoms with van der Waals surface area (Å²) in [6.07, 6.45) is 1.89. The third-order valence-electron chi connectivity index (χ3n) is 6.01. The second-order valence-corrected chi connectivity index (χ2v) is 8.35. The maximum Gasteiger partial charge on any atom is 0.258 e. The maximum atomic E-state index is 13.1. The van der Waals surface area contributed by atoms with Gasteiger partial charge in [-0.2, -0.15) is 0 Å². The first-order valence-corrected chi connectivity index (χ1v) is 10.9. The zero-order chi connectivity index (χ0) is 22.1. The normalized spacial score (nSPS) is 17.8. The number of likely N-dealkylation sites (N-methyl/N-ethyl adjacent to an activating group) is 1. The molecule has 3 heterocycles. The largest absolute Gasteiger partial charge is 0.486 e. The highest BCUT2D eigenvalue weighted by Gasteiger charge is 2.31. The molecule has 32 heavy (non-hydrogen) atoms. The molecule has 0 aliphatic carbocycles.